The van der Waals surface area contributed by atoms with E-state index in [1.54, 1.807) is 31.2 Å². The van der Waals surface area contributed by atoms with E-state index in [0.29, 0.717) is 16.9 Å². The SMILES string of the molecule is Cc1cc([C@@H](O)c2ccco2)ccc1F. The summed E-state index contributed by atoms with van der Waals surface area (Å²) in [6.45, 7) is 1.66. The maximum absolute atomic E-state index is 13.0. The molecule has 3 heteroatoms. The van der Waals surface area contributed by atoms with Crippen molar-refractivity contribution in [2.75, 3.05) is 0 Å². The summed E-state index contributed by atoms with van der Waals surface area (Å²) in [5.74, 6) is 0.186. The molecule has 2 aromatic rings. The maximum atomic E-state index is 13.0. The lowest BCUT2D eigenvalue weighted by Crippen LogP contribution is -1.99. The highest BCUT2D eigenvalue weighted by molar-refractivity contribution is 5.29. The van der Waals surface area contributed by atoms with Gasteiger partial charge in [0, 0.05) is 0 Å². The lowest BCUT2D eigenvalue weighted by molar-refractivity contribution is 0.189. The Balaban J connectivity index is 2.34. The van der Waals surface area contributed by atoms with Gasteiger partial charge in [-0.05, 0) is 36.2 Å². The maximum Gasteiger partial charge on any atom is 0.137 e. The van der Waals surface area contributed by atoms with Crippen LogP contribution in [0.2, 0.25) is 0 Å². The number of aryl methyl sites for hydroxylation is 1. The Labute approximate surface area is 87.0 Å². The molecule has 15 heavy (non-hydrogen) atoms. The van der Waals surface area contributed by atoms with Gasteiger partial charge in [-0.25, -0.2) is 4.39 Å². The van der Waals surface area contributed by atoms with Crippen molar-refractivity contribution in [3.63, 3.8) is 0 Å². The summed E-state index contributed by atoms with van der Waals surface area (Å²) < 4.78 is 18.1. The van der Waals surface area contributed by atoms with E-state index >= 15 is 0 Å². The molecule has 1 N–H and O–H groups in total. The lowest BCUT2D eigenvalue weighted by Gasteiger charge is -2.09. The molecule has 2 rings (SSSR count). The highest BCUT2D eigenvalue weighted by Crippen LogP contribution is 2.23. The number of hydrogen-bond donors (Lipinski definition) is 1. The average molecular weight is 206 g/mol. The van der Waals surface area contributed by atoms with E-state index in [2.05, 4.69) is 0 Å². The first-order valence-electron chi connectivity index (χ1n) is 4.66. The molecule has 2 nitrogen and oxygen atoms in total. The third-order valence-corrected chi connectivity index (χ3v) is 2.31. The Morgan fingerprint density at radius 2 is 2.13 bits per heavy atom. The van der Waals surface area contributed by atoms with Crippen LogP contribution in [0.5, 0.6) is 0 Å². The number of halogens is 1. The van der Waals surface area contributed by atoms with Gasteiger partial charge in [0.15, 0.2) is 0 Å². The van der Waals surface area contributed by atoms with Crippen LogP contribution in [-0.4, -0.2) is 5.11 Å². The minimum atomic E-state index is -0.834. The molecule has 0 fully saturated rings. The fourth-order valence-electron chi connectivity index (χ4n) is 1.45. The second-order valence-electron chi connectivity index (χ2n) is 3.43. The molecule has 0 unspecified atom stereocenters. The van der Waals surface area contributed by atoms with Crippen LogP contribution in [0.15, 0.2) is 41.0 Å². The second-order valence-corrected chi connectivity index (χ2v) is 3.43. The highest BCUT2D eigenvalue weighted by Gasteiger charge is 2.13. The van der Waals surface area contributed by atoms with Crippen molar-refractivity contribution in [2.24, 2.45) is 0 Å². The van der Waals surface area contributed by atoms with E-state index in [1.807, 2.05) is 0 Å². The van der Waals surface area contributed by atoms with E-state index in [4.69, 9.17) is 4.42 Å². The zero-order valence-corrected chi connectivity index (χ0v) is 8.27. The van der Waals surface area contributed by atoms with Crippen LogP contribution in [-0.2, 0) is 0 Å². The quantitative estimate of drug-likeness (QED) is 0.819. The van der Waals surface area contributed by atoms with Gasteiger partial charge in [-0.15, -0.1) is 0 Å². The van der Waals surface area contributed by atoms with Crippen LogP contribution in [0.1, 0.15) is 23.0 Å². The number of benzene rings is 1. The van der Waals surface area contributed by atoms with E-state index < -0.39 is 6.10 Å². The van der Waals surface area contributed by atoms with Gasteiger partial charge in [0.05, 0.1) is 6.26 Å². The predicted molar refractivity (Wildman–Crippen MR) is 53.9 cm³/mol. The molecular weight excluding hydrogens is 195 g/mol. The fraction of sp³-hybridized carbons (Fsp3) is 0.167. The first-order valence-corrected chi connectivity index (χ1v) is 4.66. The third kappa shape index (κ3) is 1.92. The molecule has 1 heterocycles. The number of furan rings is 1. The zero-order chi connectivity index (χ0) is 10.8. The Morgan fingerprint density at radius 1 is 1.33 bits per heavy atom. The minimum absolute atomic E-state index is 0.273. The standard InChI is InChI=1S/C12H11FO2/c1-8-7-9(4-5-10(8)13)12(14)11-3-2-6-15-11/h2-7,12,14H,1H3/t12-/m1/s1. The molecule has 0 amide bonds. The van der Waals surface area contributed by atoms with Gasteiger partial charge < -0.3 is 9.52 Å². The molecule has 0 saturated heterocycles. The van der Waals surface area contributed by atoms with Gasteiger partial charge in [0.2, 0.25) is 0 Å². The molecule has 0 saturated carbocycles. The van der Waals surface area contributed by atoms with Crippen molar-refractivity contribution in [2.45, 2.75) is 13.0 Å². The molecule has 0 bridgehead atoms. The molecular formula is C12H11FO2. The Bertz CT molecular complexity index is 449. The Hall–Kier alpha value is -1.61. The van der Waals surface area contributed by atoms with E-state index in [-0.39, 0.29) is 5.82 Å². The molecule has 0 aliphatic carbocycles. The monoisotopic (exact) mass is 206 g/mol. The van der Waals surface area contributed by atoms with Crippen molar-refractivity contribution < 1.29 is 13.9 Å². The fourth-order valence-corrected chi connectivity index (χ4v) is 1.45. The largest absolute Gasteiger partial charge is 0.466 e. The minimum Gasteiger partial charge on any atom is -0.466 e. The van der Waals surface area contributed by atoms with Gasteiger partial charge in [-0.1, -0.05) is 12.1 Å². The molecule has 0 aliphatic heterocycles. The number of aliphatic hydroxyl groups is 1. The lowest BCUT2D eigenvalue weighted by atomic mass is 10.0. The number of aliphatic hydroxyl groups excluding tert-OH is 1. The van der Waals surface area contributed by atoms with Gasteiger partial charge >= 0.3 is 0 Å². The van der Waals surface area contributed by atoms with Crippen LogP contribution in [0.4, 0.5) is 4.39 Å². The zero-order valence-electron chi connectivity index (χ0n) is 8.27. The van der Waals surface area contributed by atoms with E-state index in [0.717, 1.165) is 0 Å². The molecule has 1 atom stereocenters. The number of hydrogen-bond acceptors (Lipinski definition) is 2. The smallest absolute Gasteiger partial charge is 0.137 e. The highest BCUT2D eigenvalue weighted by atomic mass is 19.1. The van der Waals surface area contributed by atoms with Crippen molar-refractivity contribution >= 4 is 0 Å². The first kappa shape index (κ1) is 9.93. The average Bonchev–Trinajstić information content (AvgIpc) is 2.74. The van der Waals surface area contributed by atoms with E-state index in [9.17, 15) is 9.50 Å². The second kappa shape index (κ2) is 3.87. The van der Waals surface area contributed by atoms with Gasteiger partial charge in [0.25, 0.3) is 0 Å². The van der Waals surface area contributed by atoms with E-state index in [1.165, 1.54) is 12.3 Å². The van der Waals surface area contributed by atoms with Crippen LogP contribution < -0.4 is 0 Å². The van der Waals surface area contributed by atoms with Crippen molar-refractivity contribution in [1.29, 1.82) is 0 Å². The van der Waals surface area contributed by atoms with Crippen LogP contribution in [0.3, 0.4) is 0 Å². The summed E-state index contributed by atoms with van der Waals surface area (Å²) in [6, 6.07) is 7.90. The molecule has 0 radical (unpaired) electrons. The number of rotatable bonds is 2. The summed E-state index contributed by atoms with van der Waals surface area (Å²) in [7, 11) is 0. The predicted octanol–water partition coefficient (Wildman–Crippen LogP) is 2.81. The van der Waals surface area contributed by atoms with Crippen LogP contribution in [0.25, 0.3) is 0 Å². The summed E-state index contributed by atoms with van der Waals surface area (Å²) in [6.07, 6.45) is 0.661. The molecule has 0 aliphatic rings. The van der Waals surface area contributed by atoms with Gasteiger partial charge in [-0.3, -0.25) is 0 Å². The van der Waals surface area contributed by atoms with Gasteiger partial charge in [0.1, 0.15) is 17.7 Å². The summed E-state index contributed by atoms with van der Waals surface area (Å²) >= 11 is 0. The first-order chi connectivity index (χ1) is 7.18. The molecule has 1 aromatic heterocycles. The Kier molecular flexibility index (Phi) is 2.56. The Morgan fingerprint density at radius 3 is 2.73 bits per heavy atom. The summed E-state index contributed by atoms with van der Waals surface area (Å²) in [4.78, 5) is 0. The normalized spacial score (nSPS) is 12.7. The molecule has 0 spiro atoms. The van der Waals surface area contributed by atoms with Crippen molar-refractivity contribution in [1.82, 2.24) is 0 Å². The summed E-state index contributed by atoms with van der Waals surface area (Å²) in [5, 5.41) is 9.88. The molecule has 78 valence electrons. The topological polar surface area (TPSA) is 33.4 Å². The van der Waals surface area contributed by atoms with Gasteiger partial charge in [-0.2, -0.15) is 0 Å². The van der Waals surface area contributed by atoms with Crippen LogP contribution >= 0.6 is 0 Å². The summed E-state index contributed by atoms with van der Waals surface area (Å²) in [5.41, 5.74) is 1.14. The van der Waals surface area contributed by atoms with Crippen molar-refractivity contribution in [3.8, 4) is 0 Å². The van der Waals surface area contributed by atoms with Crippen LogP contribution in [0, 0.1) is 12.7 Å². The van der Waals surface area contributed by atoms with Crippen molar-refractivity contribution in [3.05, 3.63) is 59.3 Å². The molecule has 1 aromatic carbocycles. The third-order valence-electron chi connectivity index (χ3n) is 2.31.